The van der Waals surface area contributed by atoms with Gasteiger partial charge in [-0.3, -0.25) is 4.98 Å². The SMILES string of the molecule is CCCC1CCC(CCc2ccc(-c3ccc(CC)cn3)cc2)CC1. The van der Waals surface area contributed by atoms with E-state index in [9.17, 15) is 0 Å². The fraction of sp³-hybridized carbons (Fsp3) is 0.542. The van der Waals surface area contributed by atoms with Gasteiger partial charge in [0.25, 0.3) is 0 Å². The first-order valence-electron chi connectivity index (χ1n) is 10.3. The van der Waals surface area contributed by atoms with Gasteiger partial charge in [-0.25, -0.2) is 0 Å². The summed E-state index contributed by atoms with van der Waals surface area (Å²) in [7, 11) is 0. The molecule has 1 heteroatoms. The molecule has 0 N–H and O–H groups in total. The third-order valence-corrected chi connectivity index (χ3v) is 5.99. The van der Waals surface area contributed by atoms with Gasteiger partial charge < -0.3 is 0 Å². The molecular weight excluding hydrogens is 302 g/mol. The predicted octanol–water partition coefficient (Wildman–Crippen LogP) is 6.85. The lowest BCUT2D eigenvalue weighted by Gasteiger charge is -2.28. The van der Waals surface area contributed by atoms with E-state index < -0.39 is 0 Å². The van der Waals surface area contributed by atoms with E-state index in [0.717, 1.165) is 24.0 Å². The maximum absolute atomic E-state index is 4.59. The molecule has 1 aliphatic carbocycles. The van der Waals surface area contributed by atoms with E-state index in [2.05, 4.69) is 55.2 Å². The molecule has 0 bridgehead atoms. The maximum atomic E-state index is 4.59. The standard InChI is InChI=1S/C24H33N/c1-3-5-20-6-8-21(9-7-20)10-11-22-12-15-23(16-13-22)24-17-14-19(4-2)18-25-24/h12-18,20-21H,3-11H2,1-2H3. The molecule has 1 aromatic heterocycles. The van der Waals surface area contributed by atoms with Crippen LogP contribution in [0.15, 0.2) is 42.6 Å². The van der Waals surface area contributed by atoms with Gasteiger partial charge in [-0.2, -0.15) is 0 Å². The van der Waals surface area contributed by atoms with Crippen molar-refractivity contribution in [1.82, 2.24) is 4.98 Å². The van der Waals surface area contributed by atoms with Gasteiger partial charge in [-0.15, -0.1) is 0 Å². The van der Waals surface area contributed by atoms with Crippen LogP contribution in [0.5, 0.6) is 0 Å². The molecule has 1 saturated carbocycles. The van der Waals surface area contributed by atoms with Crippen LogP contribution in [0.1, 0.15) is 69.9 Å². The molecule has 1 fully saturated rings. The van der Waals surface area contributed by atoms with E-state index in [1.165, 1.54) is 68.1 Å². The normalized spacial score (nSPS) is 20.6. The van der Waals surface area contributed by atoms with Crippen molar-refractivity contribution >= 4 is 0 Å². The molecule has 2 aromatic rings. The lowest BCUT2D eigenvalue weighted by atomic mass is 9.78. The summed E-state index contributed by atoms with van der Waals surface area (Å²) >= 11 is 0. The second-order valence-electron chi connectivity index (χ2n) is 7.82. The average molecular weight is 336 g/mol. The number of aryl methyl sites for hydroxylation is 2. The van der Waals surface area contributed by atoms with Crippen LogP contribution < -0.4 is 0 Å². The Kier molecular flexibility index (Phi) is 6.67. The number of hydrogen-bond donors (Lipinski definition) is 0. The molecule has 1 aromatic carbocycles. The second-order valence-corrected chi connectivity index (χ2v) is 7.82. The van der Waals surface area contributed by atoms with Gasteiger partial charge in [0.05, 0.1) is 5.69 Å². The second kappa shape index (κ2) is 9.17. The van der Waals surface area contributed by atoms with Gasteiger partial charge in [0, 0.05) is 11.8 Å². The molecule has 0 atom stereocenters. The summed E-state index contributed by atoms with van der Waals surface area (Å²) in [5.41, 5.74) is 5.09. The third kappa shape index (κ3) is 5.17. The number of aromatic nitrogens is 1. The average Bonchev–Trinajstić information content (AvgIpc) is 2.68. The Bertz CT molecular complexity index is 618. The van der Waals surface area contributed by atoms with Crippen molar-refractivity contribution in [2.24, 2.45) is 11.8 Å². The molecule has 134 valence electrons. The summed E-state index contributed by atoms with van der Waals surface area (Å²) in [6.45, 7) is 4.49. The van der Waals surface area contributed by atoms with E-state index in [0.29, 0.717) is 0 Å². The highest BCUT2D eigenvalue weighted by molar-refractivity contribution is 5.59. The first-order chi connectivity index (χ1) is 12.3. The summed E-state index contributed by atoms with van der Waals surface area (Å²) in [4.78, 5) is 4.59. The minimum Gasteiger partial charge on any atom is -0.256 e. The van der Waals surface area contributed by atoms with Crippen LogP contribution >= 0.6 is 0 Å². The highest BCUT2D eigenvalue weighted by Crippen LogP contribution is 2.33. The van der Waals surface area contributed by atoms with Crippen molar-refractivity contribution in [2.75, 3.05) is 0 Å². The zero-order valence-corrected chi connectivity index (χ0v) is 16.0. The number of nitrogens with zero attached hydrogens (tertiary/aromatic N) is 1. The Morgan fingerprint density at radius 2 is 1.44 bits per heavy atom. The molecule has 25 heavy (non-hydrogen) atoms. The van der Waals surface area contributed by atoms with Crippen LogP contribution in [0.3, 0.4) is 0 Å². The minimum atomic E-state index is 0.955. The monoisotopic (exact) mass is 335 g/mol. The summed E-state index contributed by atoms with van der Waals surface area (Å²) in [6, 6.07) is 13.4. The molecule has 1 aliphatic rings. The molecule has 0 spiro atoms. The summed E-state index contributed by atoms with van der Waals surface area (Å²) < 4.78 is 0. The highest BCUT2D eigenvalue weighted by atomic mass is 14.7. The number of benzene rings is 1. The number of pyridine rings is 1. The lowest BCUT2D eigenvalue weighted by Crippen LogP contribution is -2.15. The van der Waals surface area contributed by atoms with E-state index in [4.69, 9.17) is 0 Å². The van der Waals surface area contributed by atoms with Crippen molar-refractivity contribution in [3.8, 4) is 11.3 Å². The van der Waals surface area contributed by atoms with Crippen LogP contribution in [-0.2, 0) is 12.8 Å². The van der Waals surface area contributed by atoms with Crippen LogP contribution in [0, 0.1) is 11.8 Å². The van der Waals surface area contributed by atoms with Crippen molar-refractivity contribution < 1.29 is 0 Å². The Hall–Kier alpha value is -1.63. The van der Waals surface area contributed by atoms with E-state index in [-0.39, 0.29) is 0 Å². The summed E-state index contributed by atoms with van der Waals surface area (Å²) in [5, 5.41) is 0. The van der Waals surface area contributed by atoms with Crippen molar-refractivity contribution in [3.63, 3.8) is 0 Å². The van der Waals surface area contributed by atoms with Crippen LogP contribution in [0.25, 0.3) is 11.3 Å². The Balaban J connectivity index is 1.49. The Morgan fingerprint density at radius 3 is 2.00 bits per heavy atom. The molecule has 1 nitrogen and oxygen atoms in total. The first kappa shape index (κ1) is 18.2. The molecule has 3 rings (SSSR count). The van der Waals surface area contributed by atoms with Gasteiger partial charge in [-0.1, -0.05) is 82.7 Å². The lowest BCUT2D eigenvalue weighted by molar-refractivity contribution is 0.252. The zero-order valence-electron chi connectivity index (χ0n) is 16.0. The first-order valence-corrected chi connectivity index (χ1v) is 10.3. The van der Waals surface area contributed by atoms with Crippen molar-refractivity contribution in [2.45, 2.75) is 71.6 Å². The summed E-state index contributed by atoms with van der Waals surface area (Å²) in [5.74, 6) is 1.98. The predicted molar refractivity (Wildman–Crippen MR) is 108 cm³/mol. The maximum Gasteiger partial charge on any atom is 0.0702 e. The van der Waals surface area contributed by atoms with Crippen LogP contribution in [-0.4, -0.2) is 4.98 Å². The van der Waals surface area contributed by atoms with Gasteiger partial charge in [0.2, 0.25) is 0 Å². The van der Waals surface area contributed by atoms with E-state index in [1.807, 2.05) is 6.20 Å². The van der Waals surface area contributed by atoms with Crippen LogP contribution in [0.2, 0.25) is 0 Å². The topological polar surface area (TPSA) is 12.9 Å². The highest BCUT2D eigenvalue weighted by Gasteiger charge is 2.20. The third-order valence-electron chi connectivity index (χ3n) is 5.99. The molecule has 0 saturated heterocycles. The fourth-order valence-electron chi connectivity index (χ4n) is 4.23. The molecule has 0 unspecified atom stereocenters. The molecule has 1 heterocycles. The van der Waals surface area contributed by atoms with Crippen LogP contribution in [0.4, 0.5) is 0 Å². The summed E-state index contributed by atoms with van der Waals surface area (Å²) in [6.07, 6.45) is 14.3. The zero-order chi connectivity index (χ0) is 17.5. The quantitative estimate of drug-likeness (QED) is 0.539. The van der Waals surface area contributed by atoms with Gasteiger partial charge >= 0.3 is 0 Å². The number of rotatable bonds is 7. The minimum absolute atomic E-state index is 0.955. The van der Waals surface area contributed by atoms with Gasteiger partial charge in [0.1, 0.15) is 0 Å². The smallest absolute Gasteiger partial charge is 0.0702 e. The molecular formula is C24H33N. The molecule has 0 aliphatic heterocycles. The van der Waals surface area contributed by atoms with Gasteiger partial charge in [0.15, 0.2) is 0 Å². The Labute approximate surface area is 153 Å². The molecule has 0 radical (unpaired) electrons. The molecule has 0 amide bonds. The van der Waals surface area contributed by atoms with Crippen molar-refractivity contribution in [1.29, 1.82) is 0 Å². The fourth-order valence-corrected chi connectivity index (χ4v) is 4.23. The van der Waals surface area contributed by atoms with E-state index in [1.54, 1.807) is 0 Å². The van der Waals surface area contributed by atoms with Crippen molar-refractivity contribution in [3.05, 3.63) is 53.7 Å². The largest absolute Gasteiger partial charge is 0.256 e. The Morgan fingerprint density at radius 1 is 0.800 bits per heavy atom. The van der Waals surface area contributed by atoms with Gasteiger partial charge in [-0.05, 0) is 48.3 Å². The number of hydrogen-bond acceptors (Lipinski definition) is 1. The van der Waals surface area contributed by atoms with E-state index >= 15 is 0 Å².